The predicted octanol–water partition coefficient (Wildman–Crippen LogP) is 2.14. The second-order valence-corrected chi connectivity index (χ2v) is 6.49. The minimum Gasteiger partial charge on any atom is -0.314 e. The molecule has 2 aliphatic rings. The van der Waals surface area contributed by atoms with Crippen molar-refractivity contribution in [2.75, 3.05) is 39.3 Å². The van der Waals surface area contributed by atoms with Crippen LogP contribution in [-0.4, -0.2) is 60.1 Å². The van der Waals surface area contributed by atoms with Gasteiger partial charge in [-0.05, 0) is 30.2 Å². The number of hydrogen-bond donors (Lipinski definition) is 1. The lowest BCUT2D eigenvalue weighted by molar-refractivity contribution is 0.170. The number of rotatable bonds is 3. The Bertz CT molecular complexity index is 642. The van der Waals surface area contributed by atoms with Crippen molar-refractivity contribution in [2.45, 2.75) is 19.0 Å². The van der Waals surface area contributed by atoms with Crippen LogP contribution in [-0.2, 0) is 6.54 Å². The highest BCUT2D eigenvalue weighted by Crippen LogP contribution is 2.20. The lowest BCUT2D eigenvalue weighted by Crippen LogP contribution is -2.49. The van der Waals surface area contributed by atoms with E-state index in [0.29, 0.717) is 0 Å². The molecule has 0 saturated carbocycles. The smallest absolute Gasteiger partial charge is 0.0702 e. The van der Waals surface area contributed by atoms with Gasteiger partial charge in [0.25, 0.3) is 0 Å². The fourth-order valence-electron chi connectivity index (χ4n) is 3.78. The number of halogens is 1. The number of hydrogen-bond acceptors (Lipinski definition) is 4. The highest BCUT2D eigenvalue weighted by Gasteiger charge is 2.28. The Hall–Kier alpha value is -1.20. The molecule has 0 radical (unpaired) electrons. The third-order valence-electron chi connectivity index (χ3n) is 4.99. The second kappa shape index (κ2) is 7.58. The Morgan fingerprint density at radius 1 is 1.13 bits per heavy atom. The van der Waals surface area contributed by atoms with E-state index >= 15 is 0 Å². The van der Waals surface area contributed by atoms with Gasteiger partial charge in [-0.2, -0.15) is 0 Å². The Morgan fingerprint density at radius 3 is 2.87 bits per heavy atom. The normalized spacial score (nSPS) is 23.0. The van der Waals surface area contributed by atoms with Gasteiger partial charge in [0, 0.05) is 63.4 Å². The number of pyridine rings is 1. The minimum absolute atomic E-state index is 0. The number of aromatic nitrogens is 1. The summed E-state index contributed by atoms with van der Waals surface area (Å²) in [4.78, 5) is 9.67. The van der Waals surface area contributed by atoms with Crippen molar-refractivity contribution in [1.29, 1.82) is 0 Å². The van der Waals surface area contributed by atoms with Crippen molar-refractivity contribution in [1.82, 2.24) is 20.1 Å². The highest BCUT2D eigenvalue weighted by atomic mass is 35.5. The van der Waals surface area contributed by atoms with Crippen LogP contribution in [0.3, 0.4) is 0 Å². The summed E-state index contributed by atoms with van der Waals surface area (Å²) in [6.45, 7) is 8.21. The minimum atomic E-state index is 0. The van der Waals surface area contributed by atoms with Gasteiger partial charge in [-0.25, -0.2) is 0 Å². The molecule has 2 saturated heterocycles. The molecule has 0 bridgehead atoms. The molecule has 3 heterocycles. The van der Waals surface area contributed by atoms with Gasteiger partial charge in [-0.15, -0.1) is 12.4 Å². The maximum absolute atomic E-state index is 4.40. The van der Waals surface area contributed by atoms with E-state index in [4.69, 9.17) is 0 Å². The van der Waals surface area contributed by atoms with Crippen LogP contribution >= 0.6 is 12.4 Å². The molecule has 1 aromatic carbocycles. The molecule has 23 heavy (non-hydrogen) atoms. The number of likely N-dealkylation sites (tertiary alicyclic amines) is 1. The molecule has 4 nitrogen and oxygen atoms in total. The molecule has 1 atom stereocenters. The number of fused-ring (bicyclic) bond motifs is 1. The van der Waals surface area contributed by atoms with Crippen molar-refractivity contribution in [3.8, 4) is 0 Å². The third-order valence-corrected chi connectivity index (χ3v) is 4.99. The SMILES string of the molecule is Cl.c1cnc2ccc(CN3CCC(N4CCNCC4)C3)cc2c1. The molecule has 2 aliphatic heterocycles. The van der Waals surface area contributed by atoms with Gasteiger partial charge in [0.1, 0.15) is 0 Å². The molecule has 1 aromatic heterocycles. The monoisotopic (exact) mass is 332 g/mol. The van der Waals surface area contributed by atoms with Gasteiger partial charge in [-0.1, -0.05) is 12.1 Å². The predicted molar refractivity (Wildman–Crippen MR) is 97.1 cm³/mol. The molecule has 0 spiro atoms. The molecule has 1 unspecified atom stereocenters. The zero-order valence-corrected chi connectivity index (χ0v) is 14.3. The van der Waals surface area contributed by atoms with Gasteiger partial charge in [-0.3, -0.25) is 14.8 Å². The Morgan fingerprint density at radius 2 is 2.00 bits per heavy atom. The summed E-state index contributed by atoms with van der Waals surface area (Å²) >= 11 is 0. The molecular formula is C18H25ClN4. The third kappa shape index (κ3) is 3.83. The topological polar surface area (TPSA) is 31.4 Å². The number of piperazine rings is 1. The van der Waals surface area contributed by atoms with Gasteiger partial charge in [0.2, 0.25) is 0 Å². The van der Waals surface area contributed by atoms with E-state index in [1.807, 2.05) is 12.3 Å². The molecule has 2 fully saturated rings. The van der Waals surface area contributed by atoms with Crippen LogP contribution in [0.25, 0.3) is 10.9 Å². The van der Waals surface area contributed by atoms with Crippen molar-refractivity contribution in [3.63, 3.8) is 0 Å². The summed E-state index contributed by atoms with van der Waals surface area (Å²) in [5.74, 6) is 0. The lowest BCUT2D eigenvalue weighted by atomic mass is 10.1. The summed E-state index contributed by atoms with van der Waals surface area (Å²) in [6.07, 6.45) is 3.18. The molecule has 2 aromatic rings. The maximum Gasteiger partial charge on any atom is 0.0702 e. The van der Waals surface area contributed by atoms with Crippen molar-refractivity contribution >= 4 is 23.3 Å². The van der Waals surface area contributed by atoms with E-state index in [9.17, 15) is 0 Å². The Balaban J connectivity index is 0.00000156. The first-order valence-electron chi connectivity index (χ1n) is 8.39. The Labute approximate surface area is 144 Å². The largest absolute Gasteiger partial charge is 0.314 e. The van der Waals surface area contributed by atoms with Gasteiger partial charge < -0.3 is 5.32 Å². The van der Waals surface area contributed by atoms with Crippen LogP contribution < -0.4 is 5.32 Å². The van der Waals surface area contributed by atoms with Crippen LogP contribution in [0.1, 0.15) is 12.0 Å². The average molecular weight is 333 g/mol. The number of nitrogens with one attached hydrogen (secondary N) is 1. The fraction of sp³-hybridized carbons (Fsp3) is 0.500. The summed E-state index contributed by atoms with van der Waals surface area (Å²) in [6, 6.07) is 11.6. The molecule has 1 N–H and O–H groups in total. The standard InChI is InChI=1S/C18H24N4.ClH/c1-2-16-12-15(3-4-18(16)20-6-1)13-21-9-5-17(14-21)22-10-7-19-8-11-22;/h1-4,6,12,17,19H,5,7-11,13-14H2;1H. The molecular weight excluding hydrogens is 308 g/mol. The van der Waals surface area contributed by atoms with Crippen molar-refractivity contribution in [3.05, 3.63) is 42.1 Å². The van der Waals surface area contributed by atoms with E-state index in [-0.39, 0.29) is 12.4 Å². The van der Waals surface area contributed by atoms with E-state index in [2.05, 4.69) is 44.4 Å². The highest BCUT2D eigenvalue weighted by molar-refractivity contribution is 5.85. The van der Waals surface area contributed by atoms with Crippen molar-refractivity contribution in [2.24, 2.45) is 0 Å². The zero-order chi connectivity index (χ0) is 14.8. The summed E-state index contributed by atoms with van der Waals surface area (Å²) < 4.78 is 0. The zero-order valence-electron chi connectivity index (χ0n) is 13.4. The number of nitrogens with zero attached hydrogens (tertiary/aromatic N) is 3. The quantitative estimate of drug-likeness (QED) is 0.933. The maximum atomic E-state index is 4.40. The number of benzene rings is 1. The Kier molecular flexibility index (Phi) is 5.49. The van der Waals surface area contributed by atoms with E-state index in [1.165, 1.54) is 43.5 Å². The summed E-state index contributed by atoms with van der Waals surface area (Å²) in [5.41, 5.74) is 2.49. The van der Waals surface area contributed by atoms with E-state index in [0.717, 1.165) is 31.2 Å². The molecule has 0 amide bonds. The molecule has 124 valence electrons. The summed E-state index contributed by atoms with van der Waals surface area (Å²) in [5, 5.41) is 4.69. The van der Waals surface area contributed by atoms with E-state index < -0.39 is 0 Å². The first kappa shape index (κ1) is 16.7. The van der Waals surface area contributed by atoms with Gasteiger partial charge >= 0.3 is 0 Å². The molecule has 0 aliphatic carbocycles. The first-order chi connectivity index (χ1) is 10.9. The van der Waals surface area contributed by atoms with Crippen LogP contribution in [0.5, 0.6) is 0 Å². The van der Waals surface area contributed by atoms with Crippen LogP contribution in [0, 0.1) is 0 Å². The van der Waals surface area contributed by atoms with E-state index in [1.54, 1.807) is 0 Å². The van der Waals surface area contributed by atoms with Crippen LogP contribution in [0.4, 0.5) is 0 Å². The molecule has 5 heteroatoms. The van der Waals surface area contributed by atoms with Gasteiger partial charge in [0.15, 0.2) is 0 Å². The van der Waals surface area contributed by atoms with Gasteiger partial charge in [0.05, 0.1) is 5.52 Å². The molecule has 4 rings (SSSR count). The van der Waals surface area contributed by atoms with Crippen molar-refractivity contribution < 1.29 is 0 Å². The lowest BCUT2D eigenvalue weighted by Gasteiger charge is -2.32. The van der Waals surface area contributed by atoms with Crippen LogP contribution in [0.2, 0.25) is 0 Å². The fourth-order valence-corrected chi connectivity index (χ4v) is 3.78. The first-order valence-corrected chi connectivity index (χ1v) is 8.39. The second-order valence-electron chi connectivity index (χ2n) is 6.49. The van der Waals surface area contributed by atoms with Crippen LogP contribution in [0.15, 0.2) is 36.5 Å². The average Bonchev–Trinajstić information content (AvgIpc) is 3.04. The summed E-state index contributed by atoms with van der Waals surface area (Å²) in [7, 11) is 0.